The number of nitrogens with zero attached hydrogens (tertiary/aromatic N) is 5. The topological polar surface area (TPSA) is 122 Å². The van der Waals surface area contributed by atoms with E-state index in [2.05, 4.69) is 35.3 Å². The van der Waals surface area contributed by atoms with Gasteiger partial charge in [-0.05, 0) is 24.9 Å². The number of carbonyl (C=O) groups is 1. The van der Waals surface area contributed by atoms with Gasteiger partial charge in [0.1, 0.15) is 5.82 Å². The molecule has 0 radical (unpaired) electrons. The zero-order valence-electron chi connectivity index (χ0n) is 17.2. The van der Waals surface area contributed by atoms with E-state index in [1.807, 2.05) is 14.0 Å². The summed E-state index contributed by atoms with van der Waals surface area (Å²) in [6.45, 7) is 4.53. The second-order valence-corrected chi connectivity index (χ2v) is 7.46. The smallest absolute Gasteiger partial charge is 0.278 e. The Morgan fingerprint density at radius 3 is 2.67 bits per heavy atom. The van der Waals surface area contributed by atoms with Crippen LogP contribution in [0.25, 0.3) is 0 Å². The van der Waals surface area contributed by atoms with Crippen molar-refractivity contribution < 1.29 is 9.53 Å². The molecule has 2 aliphatic rings. The Morgan fingerprint density at radius 2 is 1.93 bits per heavy atom. The summed E-state index contributed by atoms with van der Waals surface area (Å²) < 4.78 is 5.42. The molecule has 0 unspecified atom stereocenters. The number of pyridine rings is 1. The van der Waals surface area contributed by atoms with Crippen molar-refractivity contribution in [2.75, 3.05) is 60.2 Å². The third-order valence-electron chi connectivity index (χ3n) is 5.63. The fourth-order valence-corrected chi connectivity index (χ4v) is 3.85. The molecular weight excluding hydrogens is 383 g/mol. The van der Waals surface area contributed by atoms with Gasteiger partial charge in [0.15, 0.2) is 19.5 Å². The molecule has 4 heterocycles. The van der Waals surface area contributed by atoms with Crippen molar-refractivity contribution in [1.82, 2.24) is 20.2 Å². The van der Waals surface area contributed by atoms with Gasteiger partial charge in [0, 0.05) is 32.4 Å². The van der Waals surface area contributed by atoms with Crippen LogP contribution in [0, 0.1) is 0 Å². The highest BCUT2D eigenvalue weighted by Gasteiger charge is 2.23. The van der Waals surface area contributed by atoms with Gasteiger partial charge in [-0.2, -0.15) is 0 Å². The van der Waals surface area contributed by atoms with Crippen LogP contribution in [0.2, 0.25) is 0 Å². The molecule has 0 spiro atoms. The number of nitrogens with two attached hydrogens (primary N) is 1. The molecule has 1 amide bonds. The first kappa shape index (κ1) is 20.4. The summed E-state index contributed by atoms with van der Waals surface area (Å²) in [5, 5.41) is 6.23. The summed E-state index contributed by atoms with van der Waals surface area (Å²) in [6, 6.07) is 2.40. The zero-order chi connectivity index (χ0) is 20.9. The first-order valence-electron chi connectivity index (χ1n) is 10.3. The Balaban J connectivity index is 1.52. The van der Waals surface area contributed by atoms with E-state index < -0.39 is 5.91 Å². The van der Waals surface area contributed by atoms with Gasteiger partial charge in [-0.25, -0.2) is 9.97 Å². The average Bonchev–Trinajstić information content (AvgIpc) is 2.80. The van der Waals surface area contributed by atoms with Gasteiger partial charge in [-0.1, -0.05) is 0 Å². The maximum Gasteiger partial charge on any atom is 0.278 e. The van der Waals surface area contributed by atoms with E-state index in [9.17, 15) is 4.79 Å². The van der Waals surface area contributed by atoms with Crippen LogP contribution in [-0.4, -0.2) is 74.3 Å². The predicted octanol–water partition coefficient (Wildman–Crippen LogP) is -0.351. The molecule has 0 aliphatic carbocycles. The highest BCUT2D eigenvalue weighted by molar-refractivity contribution is 6.07. The minimum atomic E-state index is -0.394. The molecule has 4 rings (SSSR count). The van der Waals surface area contributed by atoms with E-state index in [0.717, 1.165) is 44.7 Å². The van der Waals surface area contributed by atoms with Crippen molar-refractivity contribution in [3.63, 3.8) is 0 Å². The summed E-state index contributed by atoms with van der Waals surface area (Å²) in [5.41, 5.74) is 7.64. The lowest BCUT2D eigenvalue weighted by molar-refractivity contribution is 0.102. The van der Waals surface area contributed by atoms with Crippen molar-refractivity contribution in [2.45, 2.75) is 18.9 Å². The summed E-state index contributed by atoms with van der Waals surface area (Å²) in [4.78, 5) is 30.2. The highest BCUT2D eigenvalue weighted by Crippen LogP contribution is 2.26. The molecule has 0 aromatic carbocycles. The summed E-state index contributed by atoms with van der Waals surface area (Å²) >= 11 is 0. The molecule has 158 valence electrons. The molecule has 0 saturated carbocycles. The van der Waals surface area contributed by atoms with Crippen LogP contribution in [-0.2, 0) is 4.74 Å². The van der Waals surface area contributed by atoms with Crippen molar-refractivity contribution in [2.24, 2.45) is 0 Å². The predicted molar refractivity (Wildman–Crippen MR) is 119 cm³/mol. The van der Waals surface area contributed by atoms with Crippen molar-refractivity contribution >= 4 is 36.9 Å². The second kappa shape index (κ2) is 9.27. The largest absolute Gasteiger partial charge is 0.382 e. The van der Waals surface area contributed by atoms with Crippen LogP contribution in [0.5, 0.6) is 0 Å². The Labute approximate surface area is 176 Å². The number of rotatable bonds is 5. The van der Waals surface area contributed by atoms with E-state index in [1.54, 1.807) is 18.6 Å². The maximum absolute atomic E-state index is 13.0. The van der Waals surface area contributed by atoms with Crippen LogP contribution in [0.3, 0.4) is 0 Å². The van der Waals surface area contributed by atoms with Crippen LogP contribution in [0.1, 0.15) is 23.3 Å². The fraction of sp³-hybridized carbons (Fsp3) is 0.474. The third-order valence-corrected chi connectivity index (χ3v) is 5.63. The zero-order valence-corrected chi connectivity index (χ0v) is 17.2. The number of hydrogen-bond acceptors (Lipinski definition) is 9. The van der Waals surface area contributed by atoms with Gasteiger partial charge in [0.25, 0.3) is 5.91 Å². The molecule has 2 aromatic rings. The first-order chi connectivity index (χ1) is 14.7. The number of ether oxygens (including phenoxy) is 1. The Morgan fingerprint density at radius 1 is 1.17 bits per heavy atom. The van der Waals surface area contributed by atoms with E-state index >= 15 is 0 Å². The van der Waals surface area contributed by atoms with Crippen LogP contribution in [0.4, 0.5) is 23.0 Å². The molecule has 2 aliphatic heterocycles. The van der Waals surface area contributed by atoms with Crippen LogP contribution < -0.4 is 26.1 Å². The molecule has 0 bridgehead atoms. The number of amides is 1. The lowest BCUT2D eigenvalue weighted by Crippen LogP contribution is -2.42. The summed E-state index contributed by atoms with van der Waals surface area (Å²) in [7, 11) is 1.98. The van der Waals surface area contributed by atoms with E-state index in [-0.39, 0.29) is 11.5 Å². The lowest BCUT2D eigenvalue weighted by atomic mass is 10.0. The molecular formula is C19H27BN8O2. The van der Waals surface area contributed by atoms with Crippen LogP contribution >= 0.6 is 0 Å². The number of morpholine rings is 1. The number of nitrogen functional groups attached to an aromatic ring is 1. The molecule has 10 nitrogen and oxygen atoms in total. The van der Waals surface area contributed by atoms with E-state index in [4.69, 9.17) is 10.5 Å². The number of piperidine rings is 1. The number of carbonyl (C=O) groups excluding carboxylic acids is 1. The summed E-state index contributed by atoms with van der Waals surface area (Å²) in [6.07, 6.45) is 7.02. The number of hydrogen-bond donors (Lipinski definition) is 3. The molecule has 2 saturated heterocycles. The minimum Gasteiger partial charge on any atom is -0.382 e. The average molecular weight is 410 g/mol. The standard InChI is InChI=1S/C19H27BN8O2/c20-26-13-2-5-28(6-3-13)16-12-23-18(21)17(25-16)19(29)24-14-11-22-4-1-15(14)27-7-9-30-10-8-27/h1,4,11-13,26H,2-3,5-10,20H2,(H2,21,23)(H,24,29). The Kier molecular flexibility index (Phi) is 6.29. The van der Waals surface area contributed by atoms with Crippen molar-refractivity contribution in [3.05, 3.63) is 30.4 Å². The maximum atomic E-state index is 13.0. The molecule has 30 heavy (non-hydrogen) atoms. The van der Waals surface area contributed by atoms with Crippen molar-refractivity contribution in [1.29, 1.82) is 0 Å². The third kappa shape index (κ3) is 4.47. The Bertz CT molecular complexity index is 885. The normalized spacial score (nSPS) is 17.7. The molecule has 2 aromatic heterocycles. The Hall–Kier alpha value is -2.92. The van der Waals surface area contributed by atoms with Gasteiger partial charge < -0.3 is 30.8 Å². The lowest BCUT2D eigenvalue weighted by Gasteiger charge is -2.32. The monoisotopic (exact) mass is 410 g/mol. The molecule has 2 fully saturated rings. The number of aromatic nitrogens is 3. The minimum absolute atomic E-state index is 0.109. The fourth-order valence-electron chi connectivity index (χ4n) is 3.85. The quantitative estimate of drug-likeness (QED) is 0.568. The summed E-state index contributed by atoms with van der Waals surface area (Å²) in [5.74, 6) is 0.385. The van der Waals surface area contributed by atoms with Crippen LogP contribution in [0.15, 0.2) is 24.7 Å². The van der Waals surface area contributed by atoms with Gasteiger partial charge in [0.2, 0.25) is 0 Å². The molecule has 0 atom stereocenters. The highest BCUT2D eigenvalue weighted by atomic mass is 16.5. The van der Waals surface area contributed by atoms with Gasteiger partial charge >= 0.3 is 0 Å². The van der Waals surface area contributed by atoms with E-state index in [1.165, 1.54) is 0 Å². The number of anilines is 4. The molecule has 11 heteroatoms. The van der Waals surface area contributed by atoms with Gasteiger partial charge in [0.05, 0.1) is 37.0 Å². The van der Waals surface area contributed by atoms with Gasteiger partial charge in [-0.3, -0.25) is 9.78 Å². The SMILES string of the molecule is BNC1CCN(c2cnc(N)c(C(=O)Nc3cnccc3N3CCOCC3)n2)CC1. The second-order valence-electron chi connectivity index (χ2n) is 7.46. The first-order valence-corrected chi connectivity index (χ1v) is 10.3. The van der Waals surface area contributed by atoms with E-state index in [0.29, 0.717) is 30.8 Å². The van der Waals surface area contributed by atoms with Crippen molar-refractivity contribution in [3.8, 4) is 0 Å². The molecule has 4 N–H and O–H groups in total. The van der Waals surface area contributed by atoms with Gasteiger partial charge in [-0.15, -0.1) is 0 Å². The number of nitrogens with one attached hydrogen (secondary N) is 2.